The Hall–Kier alpha value is -1.97. The third-order valence-electron chi connectivity index (χ3n) is 3.24. The van der Waals surface area contributed by atoms with E-state index in [0.29, 0.717) is 5.02 Å². The molecule has 1 aromatic heterocycles. The summed E-state index contributed by atoms with van der Waals surface area (Å²) in [4.78, 5) is 16.6. The molecule has 2 N–H and O–H groups in total. The van der Waals surface area contributed by atoms with Crippen molar-refractivity contribution in [1.82, 2.24) is 9.55 Å². The van der Waals surface area contributed by atoms with E-state index in [2.05, 4.69) is 16.5 Å². The number of carbonyl (C=O) groups is 1. The van der Waals surface area contributed by atoms with Gasteiger partial charge in [0, 0.05) is 17.3 Å². The number of fused-ring (bicyclic) bond motifs is 1. The van der Waals surface area contributed by atoms with Crippen LogP contribution in [-0.4, -0.2) is 21.1 Å². The molecular formula is C16H17ClN4OS. The number of nitrogens with two attached hydrogens (primary N) is 1. The summed E-state index contributed by atoms with van der Waals surface area (Å²) in [7, 11) is 0. The van der Waals surface area contributed by atoms with E-state index >= 15 is 0 Å². The minimum atomic E-state index is -0.286. The molecule has 2 aromatic rings. The monoisotopic (exact) mass is 348 g/mol. The van der Waals surface area contributed by atoms with E-state index < -0.39 is 0 Å². The molecule has 0 amide bonds. The lowest BCUT2D eigenvalue weighted by molar-refractivity contribution is -0.112. The Morgan fingerprint density at radius 3 is 2.87 bits per heavy atom. The Bertz CT molecular complexity index is 815. The van der Waals surface area contributed by atoms with Crippen LogP contribution in [0, 0.1) is 11.3 Å². The van der Waals surface area contributed by atoms with Crippen molar-refractivity contribution in [3.8, 4) is 6.07 Å². The predicted octanol–water partition coefficient (Wildman–Crippen LogP) is 3.52. The number of aromatic nitrogens is 2. The smallest absolute Gasteiger partial charge is 0.185 e. The van der Waals surface area contributed by atoms with E-state index in [0.717, 1.165) is 29.2 Å². The average molecular weight is 349 g/mol. The minimum absolute atomic E-state index is 0.0127. The Kier molecular flexibility index (Phi) is 5.69. The number of ketones is 1. The van der Waals surface area contributed by atoms with Gasteiger partial charge in [0.15, 0.2) is 10.9 Å². The van der Waals surface area contributed by atoms with Gasteiger partial charge in [-0.1, -0.05) is 30.3 Å². The molecule has 120 valence electrons. The number of nitriles is 1. The second kappa shape index (κ2) is 7.53. The van der Waals surface area contributed by atoms with E-state index in [1.54, 1.807) is 13.0 Å². The van der Waals surface area contributed by atoms with Crippen molar-refractivity contribution in [2.24, 2.45) is 5.73 Å². The first-order chi connectivity index (χ1) is 11.0. The number of rotatable bonds is 6. The molecule has 5 nitrogen and oxygen atoms in total. The third kappa shape index (κ3) is 3.87. The normalized spacial score (nSPS) is 12.1. The second-order valence-corrected chi connectivity index (χ2v) is 6.44. The van der Waals surface area contributed by atoms with E-state index in [9.17, 15) is 4.79 Å². The molecule has 0 aliphatic heterocycles. The van der Waals surface area contributed by atoms with Crippen LogP contribution in [0.4, 0.5) is 0 Å². The Morgan fingerprint density at radius 2 is 2.26 bits per heavy atom. The quantitative estimate of drug-likeness (QED) is 0.490. The van der Waals surface area contributed by atoms with Gasteiger partial charge in [0.05, 0.1) is 16.8 Å². The zero-order chi connectivity index (χ0) is 17.0. The molecule has 0 aliphatic rings. The van der Waals surface area contributed by atoms with E-state index in [1.165, 1.54) is 11.8 Å². The van der Waals surface area contributed by atoms with Gasteiger partial charge in [-0.3, -0.25) is 4.79 Å². The highest BCUT2D eigenvalue weighted by atomic mass is 35.5. The summed E-state index contributed by atoms with van der Waals surface area (Å²) in [6, 6.07) is 7.42. The highest BCUT2D eigenvalue weighted by molar-refractivity contribution is 7.99. The maximum atomic E-state index is 12.1. The molecule has 0 unspecified atom stereocenters. The van der Waals surface area contributed by atoms with Gasteiger partial charge in [0.1, 0.15) is 11.6 Å². The fraction of sp³-hybridized carbons (Fsp3) is 0.312. The summed E-state index contributed by atoms with van der Waals surface area (Å²) in [5.41, 5.74) is 7.60. The molecule has 0 fully saturated rings. The van der Waals surface area contributed by atoms with Gasteiger partial charge in [-0.05, 0) is 31.5 Å². The number of halogens is 1. The minimum Gasteiger partial charge on any atom is -0.401 e. The van der Waals surface area contributed by atoms with Crippen LogP contribution < -0.4 is 5.73 Å². The highest BCUT2D eigenvalue weighted by Gasteiger charge is 2.16. The predicted molar refractivity (Wildman–Crippen MR) is 93.3 cm³/mol. The molecule has 0 bridgehead atoms. The molecule has 0 atom stereocenters. The van der Waals surface area contributed by atoms with Crippen LogP contribution in [0.5, 0.6) is 0 Å². The lowest BCUT2D eigenvalue weighted by atomic mass is 10.2. The molecular weight excluding hydrogens is 332 g/mol. The summed E-state index contributed by atoms with van der Waals surface area (Å²) in [6.45, 7) is 4.43. The van der Waals surface area contributed by atoms with Crippen LogP contribution in [0.3, 0.4) is 0 Å². The summed E-state index contributed by atoms with van der Waals surface area (Å²) < 4.78 is 2.06. The maximum Gasteiger partial charge on any atom is 0.185 e. The zero-order valence-corrected chi connectivity index (χ0v) is 14.5. The zero-order valence-electron chi connectivity index (χ0n) is 13.0. The number of nitrogens with zero attached hydrogens (tertiary/aromatic N) is 3. The average Bonchev–Trinajstić information content (AvgIpc) is 2.83. The van der Waals surface area contributed by atoms with Crippen LogP contribution in [0.1, 0.15) is 20.3 Å². The van der Waals surface area contributed by atoms with Crippen molar-refractivity contribution in [3.05, 3.63) is 34.5 Å². The number of imidazole rings is 1. The SMILES string of the molecule is CCCn1c(SCC(=O)C(C#N)=C(C)N)nc2cc(Cl)ccc21. The third-order valence-corrected chi connectivity index (χ3v) is 4.45. The molecule has 2 rings (SSSR count). The van der Waals surface area contributed by atoms with E-state index in [4.69, 9.17) is 22.6 Å². The van der Waals surface area contributed by atoms with Crippen LogP contribution in [0.15, 0.2) is 34.6 Å². The van der Waals surface area contributed by atoms with Crippen molar-refractivity contribution < 1.29 is 4.79 Å². The molecule has 0 aliphatic carbocycles. The molecule has 0 spiro atoms. The first kappa shape index (κ1) is 17.4. The van der Waals surface area contributed by atoms with Crippen molar-refractivity contribution >= 4 is 40.2 Å². The summed E-state index contributed by atoms with van der Waals surface area (Å²) in [5, 5.41) is 10.4. The fourth-order valence-electron chi connectivity index (χ4n) is 2.20. The Morgan fingerprint density at radius 1 is 1.52 bits per heavy atom. The van der Waals surface area contributed by atoms with Crippen LogP contribution in [-0.2, 0) is 11.3 Å². The first-order valence-electron chi connectivity index (χ1n) is 7.16. The number of hydrogen-bond donors (Lipinski definition) is 1. The fourth-order valence-corrected chi connectivity index (χ4v) is 3.28. The topological polar surface area (TPSA) is 84.7 Å². The lowest BCUT2D eigenvalue weighted by Crippen LogP contribution is -2.11. The Balaban J connectivity index is 2.29. The molecule has 0 saturated carbocycles. The lowest BCUT2D eigenvalue weighted by Gasteiger charge is -2.07. The molecule has 0 saturated heterocycles. The van der Waals surface area contributed by atoms with Gasteiger partial charge < -0.3 is 10.3 Å². The van der Waals surface area contributed by atoms with Crippen molar-refractivity contribution in [1.29, 1.82) is 5.26 Å². The molecule has 1 heterocycles. The molecule has 0 radical (unpaired) electrons. The van der Waals surface area contributed by atoms with Crippen LogP contribution in [0.2, 0.25) is 5.02 Å². The van der Waals surface area contributed by atoms with Crippen molar-refractivity contribution in [2.75, 3.05) is 5.75 Å². The first-order valence-corrected chi connectivity index (χ1v) is 8.52. The van der Waals surface area contributed by atoms with E-state index in [-0.39, 0.29) is 22.8 Å². The van der Waals surface area contributed by atoms with Gasteiger partial charge >= 0.3 is 0 Å². The number of allylic oxidation sites excluding steroid dienone is 2. The largest absolute Gasteiger partial charge is 0.401 e. The van der Waals surface area contributed by atoms with Crippen molar-refractivity contribution in [2.45, 2.75) is 32.0 Å². The number of thioether (sulfide) groups is 1. The molecule has 1 aromatic carbocycles. The second-order valence-electron chi connectivity index (χ2n) is 5.06. The summed E-state index contributed by atoms with van der Waals surface area (Å²) in [6.07, 6.45) is 0.945. The van der Waals surface area contributed by atoms with Gasteiger partial charge in [-0.25, -0.2) is 4.98 Å². The number of aryl methyl sites for hydroxylation is 1. The number of carbonyl (C=O) groups excluding carboxylic acids is 1. The van der Waals surface area contributed by atoms with Crippen LogP contribution >= 0.6 is 23.4 Å². The number of benzene rings is 1. The maximum absolute atomic E-state index is 12.1. The summed E-state index contributed by atoms with van der Waals surface area (Å²) >= 11 is 7.32. The van der Waals surface area contributed by atoms with E-state index in [1.807, 2.05) is 18.2 Å². The standard InChI is InChI=1S/C16H17ClN4OS/c1-3-6-21-14-5-4-11(17)7-13(14)20-16(21)23-9-15(22)12(8-18)10(2)19/h4-5,7H,3,6,9,19H2,1-2H3. The number of Topliss-reactive ketones (excluding diaryl/α,β-unsaturated/α-hetero) is 1. The Labute approximate surface area is 144 Å². The number of hydrogen-bond acceptors (Lipinski definition) is 5. The van der Waals surface area contributed by atoms with Gasteiger partial charge in [-0.15, -0.1) is 0 Å². The van der Waals surface area contributed by atoms with Gasteiger partial charge in [0.25, 0.3) is 0 Å². The molecule has 7 heteroatoms. The van der Waals surface area contributed by atoms with Crippen molar-refractivity contribution in [3.63, 3.8) is 0 Å². The van der Waals surface area contributed by atoms with Crippen LogP contribution in [0.25, 0.3) is 11.0 Å². The molecule has 23 heavy (non-hydrogen) atoms. The highest BCUT2D eigenvalue weighted by Crippen LogP contribution is 2.27. The summed E-state index contributed by atoms with van der Waals surface area (Å²) in [5.74, 6) is -0.163. The van der Waals surface area contributed by atoms with Gasteiger partial charge in [0.2, 0.25) is 0 Å². The van der Waals surface area contributed by atoms with Gasteiger partial charge in [-0.2, -0.15) is 5.26 Å².